The molecule has 0 aliphatic heterocycles. The molecular weight excluding hydrogens is 343 g/mol. The minimum Gasteiger partial charge on any atom is -0.744 e. The van der Waals surface area contributed by atoms with E-state index in [-0.39, 0.29) is 34.5 Å². The van der Waals surface area contributed by atoms with Gasteiger partial charge in [0.2, 0.25) is 0 Å². The smallest absolute Gasteiger partial charge is 0.744 e. The van der Waals surface area contributed by atoms with Gasteiger partial charge in [-0.1, -0.05) is 57.7 Å². The minimum atomic E-state index is -4.46. The molecule has 5 heteroatoms. The number of rotatable bonds is 9. The van der Waals surface area contributed by atoms with Crippen molar-refractivity contribution in [3.63, 3.8) is 0 Å². The van der Waals surface area contributed by atoms with Gasteiger partial charge in [-0.15, -0.1) is 0 Å². The molecule has 2 rings (SSSR count). The molecule has 3 nitrogen and oxygen atoms in total. The van der Waals surface area contributed by atoms with Gasteiger partial charge in [-0.25, -0.2) is 8.42 Å². The summed E-state index contributed by atoms with van der Waals surface area (Å²) in [6.07, 6.45) is 8.59. The van der Waals surface area contributed by atoms with Gasteiger partial charge < -0.3 is 4.55 Å². The number of hydrogen-bond donors (Lipinski definition) is 0. The van der Waals surface area contributed by atoms with Gasteiger partial charge >= 0.3 is 29.6 Å². The van der Waals surface area contributed by atoms with Crippen molar-refractivity contribution in [1.29, 1.82) is 0 Å². The Hall–Kier alpha value is -0.390. The Labute approximate surface area is 174 Å². The second kappa shape index (κ2) is 10.7. The van der Waals surface area contributed by atoms with Gasteiger partial charge in [0, 0.05) is 0 Å². The molecule has 0 bridgehead atoms. The second-order valence-electron chi connectivity index (χ2n) is 6.47. The molecular formula is C20H27NaO3S. The molecule has 0 saturated heterocycles. The predicted octanol–water partition coefficient (Wildman–Crippen LogP) is 2.21. The largest absolute Gasteiger partial charge is 1.00 e. The van der Waals surface area contributed by atoms with E-state index in [0.717, 1.165) is 67.9 Å². The second-order valence-corrected chi connectivity index (χ2v) is 7.82. The molecule has 0 aliphatic carbocycles. The van der Waals surface area contributed by atoms with Gasteiger partial charge in [-0.3, -0.25) is 0 Å². The van der Waals surface area contributed by atoms with Crippen LogP contribution in [0.3, 0.4) is 0 Å². The standard InChI is InChI=1S/C20H28O3S.Na/c1-3-5-7-9-16-11-13-18-17(10-8-6-4-2)12-14-20(19(18)15-16)24(21,22)23;/h11-15H,3-10H2,1-2H3,(H,21,22,23);/q;+1/p-1. The number of aryl methyl sites for hydroxylation is 2. The summed E-state index contributed by atoms with van der Waals surface area (Å²) in [4.78, 5) is -0.0888. The minimum absolute atomic E-state index is 0. The van der Waals surface area contributed by atoms with Crippen molar-refractivity contribution in [2.24, 2.45) is 0 Å². The average molecular weight is 370 g/mol. The third-order valence-corrected chi connectivity index (χ3v) is 5.41. The Kier molecular flexibility index (Phi) is 9.68. The maximum Gasteiger partial charge on any atom is 1.00 e. The van der Waals surface area contributed by atoms with E-state index in [1.807, 2.05) is 12.1 Å². The summed E-state index contributed by atoms with van der Waals surface area (Å²) in [5.41, 5.74) is 2.23. The van der Waals surface area contributed by atoms with Gasteiger partial charge in [-0.05, 0) is 59.7 Å². The fraction of sp³-hybridized carbons (Fsp3) is 0.500. The molecule has 2 aromatic carbocycles. The molecule has 0 atom stereocenters. The summed E-state index contributed by atoms with van der Waals surface area (Å²) >= 11 is 0. The van der Waals surface area contributed by atoms with Crippen LogP contribution in [0.2, 0.25) is 0 Å². The molecule has 0 spiro atoms. The maximum absolute atomic E-state index is 11.6. The first-order valence-corrected chi connectivity index (χ1v) is 10.4. The van der Waals surface area contributed by atoms with Crippen LogP contribution in [0.5, 0.6) is 0 Å². The summed E-state index contributed by atoms with van der Waals surface area (Å²) in [5.74, 6) is 0. The molecule has 0 fully saturated rings. The molecule has 25 heavy (non-hydrogen) atoms. The zero-order valence-corrected chi connectivity index (χ0v) is 18.5. The van der Waals surface area contributed by atoms with Crippen LogP contribution in [0, 0.1) is 0 Å². The zero-order valence-electron chi connectivity index (χ0n) is 15.7. The third kappa shape index (κ3) is 6.37. The summed E-state index contributed by atoms with van der Waals surface area (Å²) in [5, 5.41) is 1.50. The van der Waals surface area contributed by atoms with E-state index in [4.69, 9.17) is 0 Å². The predicted molar refractivity (Wildman–Crippen MR) is 98.4 cm³/mol. The van der Waals surface area contributed by atoms with Crippen molar-refractivity contribution in [2.45, 2.75) is 70.1 Å². The van der Waals surface area contributed by atoms with Crippen LogP contribution in [0.15, 0.2) is 35.2 Å². The molecule has 0 aromatic heterocycles. The molecule has 0 radical (unpaired) electrons. The van der Waals surface area contributed by atoms with Crippen LogP contribution in [-0.2, 0) is 23.0 Å². The van der Waals surface area contributed by atoms with Gasteiger partial charge in [0.15, 0.2) is 0 Å². The van der Waals surface area contributed by atoms with E-state index in [1.54, 1.807) is 6.07 Å². The summed E-state index contributed by atoms with van der Waals surface area (Å²) < 4.78 is 34.9. The van der Waals surface area contributed by atoms with E-state index in [1.165, 1.54) is 6.07 Å². The van der Waals surface area contributed by atoms with Crippen molar-refractivity contribution in [3.8, 4) is 0 Å². The monoisotopic (exact) mass is 370 g/mol. The molecule has 0 saturated carbocycles. The van der Waals surface area contributed by atoms with E-state index < -0.39 is 10.1 Å². The van der Waals surface area contributed by atoms with Crippen molar-refractivity contribution < 1.29 is 42.5 Å². The Morgan fingerprint density at radius 3 is 2.08 bits per heavy atom. The Balaban J connectivity index is 0.00000312. The van der Waals surface area contributed by atoms with Crippen LogP contribution >= 0.6 is 0 Å². The molecule has 2 aromatic rings. The van der Waals surface area contributed by atoms with Crippen LogP contribution in [0.25, 0.3) is 10.8 Å². The fourth-order valence-corrected chi connectivity index (χ4v) is 3.84. The normalized spacial score (nSPS) is 11.5. The molecule has 0 unspecified atom stereocenters. The summed E-state index contributed by atoms with van der Waals surface area (Å²) in [7, 11) is -4.46. The van der Waals surface area contributed by atoms with E-state index >= 15 is 0 Å². The molecule has 0 N–H and O–H groups in total. The van der Waals surface area contributed by atoms with Crippen LogP contribution in [0.4, 0.5) is 0 Å². The molecule has 0 heterocycles. The van der Waals surface area contributed by atoms with Crippen molar-refractivity contribution in [1.82, 2.24) is 0 Å². The summed E-state index contributed by atoms with van der Waals surface area (Å²) in [6.45, 7) is 4.32. The van der Waals surface area contributed by atoms with Crippen LogP contribution < -0.4 is 29.6 Å². The summed E-state index contributed by atoms with van der Waals surface area (Å²) in [6, 6.07) is 9.26. The first-order chi connectivity index (χ1) is 11.5. The van der Waals surface area contributed by atoms with Crippen molar-refractivity contribution in [3.05, 3.63) is 41.5 Å². The topological polar surface area (TPSA) is 57.2 Å². The number of hydrogen-bond acceptors (Lipinski definition) is 3. The molecule has 0 amide bonds. The zero-order chi connectivity index (χ0) is 17.6. The number of fused-ring (bicyclic) bond motifs is 1. The maximum atomic E-state index is 11.6. The fourth-order valence-electron chi connectivity index (χ4n) is 3.17. The first kappa shape index (κ1) is 22.7. The van der Waals surface area contributed by atoms with Crippen molar-refractivity contribution in [2.75, 3.05) is 0 Å². The third-order valence-electron chi connectivity index (χ3n) is 4.52. The Bertz CT molecular complexity index is 785. The van der Waals surface area contributed by atoms with E-state index in [0.29, 0.717) is 5.39 Å². The Morgan fingerprint density at radius 2 is 1.48 bits per heavy atom. The van der Waals surface area contributed by atoms with Crippen LogP contribution in [-0.4, -0.2) is 13.0 Å². The van der Waals surface area contributed by atoms with Gasteiger partial charge in [0.25, 0.3) is 0 Å². The quantitative estimate of drug-likeness (QED) is 0.386. The first-order valence-electron chi connectivity index (χ1n) is 8.97. The van der Waals surface area contributed by atoms with Crippen molar-refractivity contribution >= 4 is 20.9 Å². The number of benzene rings is 2. The number of unbranched alkanes of at least 4 members (excludes halogenated alkanes) is 4. The molecule has 132 valence electrons. The van der Waals surface area contributed by atoms with E-state index in [2.05, 4.69) is 19.9 Å². The van der Waals surface area contributed by atoms with E-state index in [9.17, 15) is 13.0 Å². The van der Waals surface area contributed by atoms with Gasteiger partial charge in [0.05, 0.1) is 4.90 Å². The Morgan fingerprint density at radius 1 is 0.840 bits per heavy atom. The average Bonchev–Trinajstić information content (AvgIpc) is 2.54. The molecule has 0 aliphatic rings. The van der Waals surface area contributed by atoms with Gasteiger partial charge in [-0.2, -0.15) is 0 Å². The van der Waals surface area contributed by atoms with Crippen LogP contribution in [0.1, 0.15) is 63.5 Å². The SMILES string of the molecule is CCCCCc1ccc2c(CCCCC)ccc(S(=O)(=O)[O-])c2c1.[Na+]. The van der Waals surface area contributed by atoms with Gasteiger partial charge in [0.1, 0.15) is 10.1 Å².